The highest BCUT2D eigenvalue weighted by molar-refractivity contribution is 5.99. The lowest BCUT2D eigenvalue weighted by atomic mass is 10.0. The zero-order valence-corrected chi connectivity index (χ0v) is 16.2. The van der Waals surface area contributed by atoms with Gasteiger partial charge >= 0.3 is 0 Å². The number of rotatable bonds is 7. The zero-order valence-electron chi connectivity index (χ0n) is 16.2. The largest absolute Gasteiger partial charge is 0.378 e. The summed E-state index contributed by atoms with van der Waals surface area (Å²) < 4.78 is 5.25. The molecule has 2 rings (SSSR count). The van der Waals surface area contributed by atoms with E-state index >= 15 is 0 Å². The van der Waals surface area contributed by atoms with Crippen molar-refractivity contribution in [2.24, 2.45) is 0 Å². The lowest BCUT2D eigenvalue weighted by Crippen LogP contribution is -2.53. The Bertz CT molecular complexity index is 727. The minimum atomic E-state index is -0.816. The number of hydrogen-bond donors (Lipinski definition) is 2. The quantitative estimate of drug-likeness (QED) is 0.703. The van der Waals surface area contributed by atoms with Crippen LogP contribution in [0, 0.1) is 0 Å². The SMILES string of the molecule is C=C(C)C[C@H](NC(=O)c1ccc(N(C)C)cc1)C(=O)N[C@@H]1C(=O)CO[C@@H]1C. The van der Waals surface area contributed by atoms with Crippen LogP contribution in [0.1, 0.15) is 30.6 Å². The van der Waals surface area contributed by atoms with Crippen molar-refractivity contribution in [3.8, 4) is 0 Å². The molecule has 1 heterocycles. The molecule has 7 heteroatoms. The van der Waals surface area contributed by atoms with E-state index in [1.807, 2.05) is 31.1 Å². The van der Waals surface area contributed by atoms with Crippen molar-refractivity contribution in [3.63, 3.8) is 0 Å². The number of nitrogens with one attached hydrogen (secondary N) is 2. The molecule has 0 aromatic heterocycles. The van der Waals surface area contributed by atoms with Crippen molar-refractivity contribution < 1.29 is 19.1 Å². The van der Waals surface area contributed by atoms with Gasteiger partial charge in [-0.05, 0) is 44.5 Å². The molecule has 2 N–H and O–H groups in total. The molecule has 0 saturated carbocycles. The van der Waals surface area contributed by atoms with Crippen LogP contribution in [0.5, 0.6) is 0 Å². The van der Waals surface area contributed by atoms with Gasteiger partial charge in [0, 0.05) is 25.3 Å². The summed E-state index contributed by atoms with van der Waals surface area (Å²) in [6.45, 7) is 7.32. The van der Waals surface area contributed by atoms with Gasteiger partial charge in [-0.3, -0.25) is 14.4 Å². The molecule has 2 amide bonds. The third-order valence-electron chi connectivity index (χ3n) is 4.42. The van der Waals surface area contributed by atoms with Gasteiger partial charge in [0.2, 0.25) is 5.91 Å². The number of ether oxygens (including phenoxy) is 1. The summed E-state index contributed by atoms with van der Waals surface area (Å²) in [6, 6.07) is 5.57. The second-order valence-electron chi connectivity index (χ2n) is 7.10. The van der Waals surface area contributed by atoms with Crippen molar-refractivity contribution in [2.75, 3.05) is 25.6 Å². The van der Waals surface area contributed by atoms with Crippen molar-refractivity contribution >= 4 is 23.3 Å². The van der Waals surface area contributed by atoms with Crippen LogP contribution in [-0.2, 0) is 14.3 Å². The van der Waals surface area contributed by atoms with E-state index in [9.17, 15) is 14.4 Å². The van der Waals surface area contributed by atoms with Crippen molar-refractivity contribution in [1.82, 2.24) is 10.6 Å². The summed E-state index contributed by atoms with van der Waals surface area (Å²) in [6.07, 6.45) is -0.107. The lowest BCUT2D eigenvalue weighted by molar-refractivity contribution is -0.127. The fourth-order valence-corrected chi connectivity index (χ4v) is 2.82. The Morgan fingerprint density at radius 1 is 1.30 bits per heavy atom. The first-order valence-corrected chi connectivity index (χ1v) is 8.86. The van der Waals surface area contributed by atoms with Crippen molar-refractivity contribution in [2.45, 2.75) is 38.5 Å². The molecule has 3 atom stereocenters. The molecule has 0 radical (unpaired) electrons. The fourth-order valence-electron chi connectivity index (χ4n) is 2.82. The van der Waals surface area contributed by atoms with Crippen LogP contribution >= 0.6 is 0 Å². The van der Waals surface area contributed by atoms with Crippen LogP contribution in [-0.4, -0.2) is 56.5 Å². The summed E-state index contributed by atoms with van der Waals surface area (Å²) in [5, 5.41) is 5.43. The summed E-state index contributed by atoms with van der Waals surface area (Å²) >= 11 is 0. The first kappa shape index (κ1) is 20.6. The van der Waals surface area contributed by atoms with E-state index in [1.54, 1.807) is 26.0 Å². The molecule has 1 fully saturated rings. The lowest BCUT2D eigenvalue weighted by Gasteiger charge is -2.22. The number of benzene rings is 1. The van der Waals surface area contributed by atoms with Gasteiger partial charge in [0.25, 0.3) is 5.91 Å². The number of carbonyl (C=O) groups excluding carboxylic acids is 3. The van der Waals surface area contributed by atoms with Gasteiger partial charge < -0.3 is 20.3 Å². The van der Waals surface area contributed by atoms with Crippen molar-refractivity contribution in [3.05, 3.63) is 42.0 Å². The topological polar surface area (TPSA) is 87.7 Å². The fraction of sp³-hybridized carbons (Fsp3) is 0.450. The van der Waals surface area contributed by atoms with E-state index < -0.39 is 18.0 Å². The second-order valence-corrected chi connectivity index (χ2v) is 7.10. The molecule has 0 spiro atoms. The molecule has 1 aliphatic heterocycles. The van der Waals surface area contributed by atoms with E-state index in [2.05, 4.69) is 17.2 Å². The highest BCUT2D eigenvalue weighted by Gasteiger charge is 2.35. The average molecular weight is 373 g/mol. The van der Waals surface area contributed by atoms with E-state index in [0.29, 0.717) is 5.56 Å². The Labute approximate surface area is 159 Å². The number of amides is 2. The van der Waals surface area contributed by atoms with Crippen LogP contribution in [0.25, 0.3) is 0 Å². The number of carbonyl (C=O) groups is 3. The van der Waals surface area contributed by atoms with Crippen LogP contribution in [0.2, 0.25) is 0 Å². The van der Waals surface area contributed by atoms with E-state index in [1.165, 1.54) is 0 Å². The summed E-state index contributed by atoms with van der Waals surface area (Å²) in [4.78, 5) is 39.0. The number of nitrogens with zero attached hydrogens (tertiary/aromatic N) is 1. The van der Waals surface area contributed by atoms with Crippen LogP contribution < -0.4 is 15.5 Å². The first-order valence-electron chi connectivity index (χ1n) is 8.86. The molecule has 27 heavy (non-hydrogen) atoms. The molecule has 0 bridgehead atoms. The maximum Gasteiger partial charge on any atom is 0.251 e. The van der Waals surface area contributed by atoms with Gasteiger partial charge in [0.1, 0.15) is 18.7 Å². The van der Waals surface area contributed by atoms with Gasteiger partial charge in [-0.15, -0.1) is 6.58 Å². The van der Waals surface area contributed by atoms with Gasteiger partial charge in [-0.25, -0.2) is 0 Å². The molecular weight excluding hydrogens is 346 g/mol. The Kier molecular flexibility index (Phi) is 6.74. The Balaban J connectivity index is 2.08. The molecular formula is C20H27N3O4. The number of ketones is 1. The maximum atomic E-state index is 12.7. The number of anilines is 1. The van der Waals surface area contributed by atoms with Crippen molar-refractivity contribution in [1.29, 1.82) is 0 Å². The minimum Gasteiger partial charge on any atom is -0.378 e. The number of Topliss-reactive ketones (excluding diaryl/α,β-unsaturated/α-hetero) is 1. The standard InChI is InChI=1S/C20H27N3O4/c1-12(2)10-16(20(26)22-18-13(3)27-11-17(18)24)21-19(25)14-6-8-15(9-7-14)23(4)5/h6-9,13,16,18H,1,10-11H2,2-5H3,(H,21,25)(H,22,26)/t13-,16+,18+/m1/s1. The highest BCUT2D eigenvalue weighted by atomic mass is 16.5. The van der Waals surface area contributed by atoms with Gasteiger partial charge in [0.15, 0.2) is 5.78 Å². The number of hydrogen-bond acceptors (Lipinski definition) is 5. The van der Waals surface area contributed by atoms with Crippen LogP contribution in [0.15, 0.2) is 36.4 Å². The highest BCUT2D eigenvalue weighted by Crippen LogP contribution is 2.14. The first-order chi connectivity index (χ1) is 12.7. The van der Waals surface area contributed by atoms with E-state index in [-0.39, 0.29) is 30.8 Å². The smallest absolute Gasteiger partial charge is 0.251 e. The Hall–Kier alpha value is -2.67. The Morgan fingerprint density at radius 2 is 1.93 bits per heavy atom. The summed E-state index contributed by atoms with van der Waals surface area (Å²) in [5.74, 6) is -0.953. The third-order valence-corrected chi connectivity index (χ3v) is 4.42. The monoisotopic (exact) mass is 373 g/mol. The summed E-state index contributed by atoms with van der Waals surface area (Å²) in [7, 11) is 3.83. The predicted octanol–water partition coefficient (Wildman–Crippen LogP) is 1.29. The molecule has 1 saturated heterocycles. The predicted molar refractivity (Wildman–Crippen MR) is 104 cm³/mol. The minimum absolute atomic E-state index is 0.0121. The molecule has 1 aliphatic rings. The zero-order chi connectivity index (χ0) is 20.1. The van der Waals surface area contributed by atoms with Gasteiger partial charge in [-0.1, -0.05) is 5.57 Å². The molecule has 1 aromatic rings. The average Bonchev–Trinajstić information content (AvgIpc) is 2.92. The second kappa shape index (κ2) is 8.81. The maximum absolute atomic E-state index is 12.7. The molecule has 146 valence electrons. The van der Waals surface area contributed by atoms with Crippen LogP contribution in [0.4, 0.5) is 5.69 Å². The molecule has 7 nitrogen and oxygen atoms in total. The van der Waals surface area contributed by atoms with Crippen LogP contribution in [0.3, 0.4) is 0 Å². The molecule has 1 aromatic carbocycles. The Morgan fingerprint density at radius 3 is 2.41 bits per heavy atom. The molecule has 0 unspecified atom stereocenters. The normalized spacial score (nSPS) is 20.1. The van der Waals surface area contributed by atoms with Gasteiger partial charge in [-0.2, -0.15) is 0 Å². The van der Waals surface area contributed by atoms with E-state index in [4.69, 9.17) is 4.74 Å². The van der Waals surface area contributed by atoms with E-state index in [0.717, 1.165) is 11.3 Å². The third kappa shape index (κ3) is 5.40. The molecule has 0 aliphatic carbocycles. The van der Waals surface area contributed by atoms with Gasteiger partial charge in [0.05, 0.1) is 6.10 Å². The summed E-state index contributed by atoms with van der Waals surface area (Å²) in [5.41, 5.74) is 2.17.